The summed E-state index contributed by atoms with van der Waals surface area (Å²) in [5, 5.41) is 8.79. The van der Waals surface area contributed by atoms with Gasteiger partial charge in [0.05, 0.1) is 0 Å². The lowest BCUT2D eigenvalue weighted by atomic mass is 10.4. The molecule has 0 aliphatic rings. The van der Waals surface area contributed by atoms with Crippen LogP contribution in [0.4, 0.5) is 0 Å². The zero-order valence-electron chi connectivity index (χ0n) is 4.78. The molecule has 0 aromatic carbocycles. The van der Waals surface area contributed by atoms with E-state index >= 15 is 0 Å². The van der Waals surface area contributed by atoms with Crippen LogP contribution >= 0.6 is 11.6 Å². The van der Waals surface area contributed by atoms with E-state index in [9.17, 15) is 4.79 Å². The Bertz CT molecular complexity index is 244. The number of carbonyl (C=O) groups is 1. The quantitative estimate of drug-likeness (QED) is 0.482. The number of hydrogen-bond acceptors (Lipinski definition) is 4. The molecular formula is C5H3ClN2O2. The molecule has 10 heavy (non-hydrogen) atoms. The fraction of sp³-hybridized carbons (Fsp3) is 0. The van der Waals surface area contributed by atoms with Crippen LogP contribution in [0.25, 0.3) is 0 Å². The molecule has 0 atom stereocenters. The van der Waals surface area contributed by atoms with E-state index in [4.69, 9.17) is 16.7 Å². The fourth-order valence-electron chi connectivity index (χ4n) is 0.467. The van der Waals surface area contributed by atoms with Gasteiger partial charge in [0.2, 0.25) is 5.88 Å². The van der Waals surface area contributed by atoms with Crippen LogP contribution in [0.5, 0.6) is 5.88 Å². The summed E-state index contributed by atoms with van der Waals surface area (Å²) < 4.78 is 0. The summed E-state index contributed by atoms with van der Waals surface area (Å²) in [7, 11) is 0. The molecule has 1 aromatic rings. The number of nitrogens with zero attached hydrogens (tertiary/aromatic N) is 2. The maximum atomic E-state index is 10.1. The van der Waals surface area contributed by atoms with E-state index in [1.165, 1.54) is 0 Å². The number of hydrogen-bond donors (Lipinski definition) is 1. The Balaban J connectivity index is 3.30. The Morgan fingerprint density at radius 2 is 2.30 bits per heavy atom. The van der Waals surface area contributed by atoms with E-state index in [1.807, 2.05) is 0 Å². The third kappa shape index (κ3) is 1.06. The topological polar surface area (TPSA) is 63.1 Å². The summed E-state index contributed by atoms with van der Waals surface area (Å²) in [4.78, 5) is 16.9. The highest BCUT2D eigenvalue weighted by atomic mass is 35.5. The first kappa shape index (κ1) is 6.95. The van der Waals surface area contributed by atoms with Crippen molar-refractivity contribution in [2.24, 2.45) is 0 Å². The van der Waals surface area contributed by atoms with Gasteiger partial charge in [-0.3, -0.25) is 4.79 Å². The van der Waals surface area contributed by atoms with Gasteiger partial charge in [-0.05, 0) is 0 Å². The highest BCUT2D eigenvalue weighted by Gasteiger charge is 2.05. The lowest BCUT2D eigenvalue weighted by Gasteiger charge is -1.94. The standard InChI is InChI=1S/C5H3ClN2O2/c6-4-3(1-9)5(10)8-2-7-4/h1-2H,(H,7,8,10). The first-order valence-electron chi connectivity index (χ1n) is 2.40. The van der Waals surface area contributed by atoms with Gasteiger partial charge in [-0.15, -0.1) is 0 Å². The van der Waals surface area contributed by atoms with Crippen molar-refractivity contribution in [1.82, 2.24) is 9.97 Å². The summed E-state index contributed by atoms with van der Waals surface area (Å²) in [5.41, 5.74) is -0.0795. The van der Waals surface area contributed by atoms with Crippen molar-refractivity contribution < 1.29 is 9.90 Å². The molecule has 0 saturated heterocycles. The van der Waals surface area contributed by atoms with Crippen molar-refractivity contribution in [1.29, 1.82) is 0 Å². The Morgan fingerprint density at radius 3 is 2.70 bits per heavy atom. The van der Waals surface area contributed by atoms with Gasteiger partial charge in [-0.1, -0.05) is 11.6 Å². The van der Waals surface area contributed by atoms with Crippen LogP contribution in [0, 0.1) is 0 Å². The zero-order valence-corrected chi connectivity index (χ0v) is 5.54. The normalized spacial score (nSPS) is 9.30. The van der Waals surface area contributed by atoms with Crippen LogP contribution in [-0.4, -0.2) is 21.4 Å². The molecule has 0 bridgehead atoms. The van der Waals surface area contributed by atoms with Crippen molar-refractivity contribution in [3.63, 3.8) is 0 Å². The molecule has 0 spiro atoms. The number of aromatic hydroxyl groups is 1. The monoisotopic (exact) mass is 158 g/mol. The summed E-state index contributed by atoms with van der Waals surface area (Å²) in [5.74, 6) is -0.394. The van der Waals surface area contributed by atoms with E-state index in [0.717, 1.165) is 6.33 Å². The largest absolute Gasteiger partial charge is 0.493 e. The summed E-state index contributed by atoms with van der Waals surface area (Å²) in [6.45, 7) is 0. The molecule has 4 nitrogen and oxygen atoms in total. The molecular weight excluding hydrogens is 156 g/mol. The molecule has 0 unspecified atom stereocenters. The van der Waals surface area contributed by atoms with Crippen molar-refractivity contribution >= 4 is 17.9 Å². The molecule has 52 valence electrons. The minimum Gasteiger partial charge on any atom is -0.493 e. The van der Waals surface area contributed by atoms with Gasteiger partial charge in [0.15, 0.2) is 6.29 Å². The SMILES string of the molecule is O=Cc1c(O)ncnc1Cl. The molecule has 1 rings (SSSR count). The van der Waals surface area contributed by atoms with Gasteiger partial charge in [0.25, 0.3) is 0 Å². The predicted molar refractivity (Wildman–Crippen MR) is 34.1 cm³/mol. The average Bonchev–Trinajstić information content (AvgIpc) is 1.88. The molecule has 1 aromatic heterocycles. The van der Waals surface area contributed by atoms with E-state index in [1.54, 1.807) is 0 Å². The third-order valence-corrected chi connectivity index (χ3v) is 1.23. The molecule has 0 aliphatic heterocycles. The molecule has 1 N–H and O–H groups in total. The van der Waals surface area contributed by atoms with Crippen LogP contribution in [0.1, 0.15) is 10.4 Å². The molecule has 0 fully saturated rings. The lowest BCUT2D eigenvalue weighted by molar-refractivity contribution is 0.112. The fourth-order valence-corrected chi connectivity index (χ4v) is 0.640. The molecule has 0 saturated carbocycles. The van der Waals surface area contributed by atoms with Crippen molar-refractivity contribution in [2.75, 3.05) is 0 Å². The first-order valence-corrected chi connectivity index (χ1v) is 2.78. The second-order valence-corrected chi connectivity index (χ2v) is 1.88. The Labute approximate surface area is 61.5 Å². The Kier molecular flexibility index (Phi) is 1.82. The minimum absolute atomic E-state index is 0.0394. The average molecular weight is 159 g/mol. The van der Waals surface area contributed by atoms with E-state index in [0.29, 0.717) is 6.29 Å². The minimum atomic E-state index is -0.394. The summed E-state index contributed by atoms with van der Waals surface area (Å²) in [6, 6.07) is 0. The van der Waals surface area contributed by atoms with Gasteiger partial charge in [-0.25, -0.2) is 9.97 Å². The van der Waals surface area contributed by atoms with Gasteiger partial charge in [-0.2, -0.15) is 0 Å². The van der Waals surface area contributed by atoms with E-state index in [2.05, 4.69) is 9.97 Å². The molecule has 1 heterocycles. The molecule has 0 amide bonds. The van der Waals surface area contributed by atoms with Crippen LogP contribution in [0.3, 0.4) is 0 Å². The van der Waals surface area contributed by atoms with E-state index in [-0.39, 0.29) is 10.7 Å². The zero-order chi connectivity index (χ0) is 7.56. The summed E-state index contributed by atoms with van der Waals surface area (Å²) >= 11 is 5.39. The van der Waals surface area contributed by atoms with E-state index < -0.39 is 5.88 Å². The van der Waals surface area contributed by atoms with Gasteiger partial charge >= 0.3 is 0 Å². The predicted octanol–water partition coefficient (Wildman–Crippen LogP) is 0.648. The third-order valence-electron chi connectivity index (χ3n) is 0.932. The molecule has 0 radical (unpaired) electrons. The van der Waals surface area contributed by atoms with Gasteiger partial charge in [0.1, 0.15) is 17.0 Å². The van der Waals surface area contributed by atoms with Gasteiger partial charge < -0.3 is 5.11 Å². The van der Waals surface area contributed by atoms with Crippen LogP contribution in [-0.2, 0) is 0 Å². The van der Waals surface area contributed by atoms with Crippen molar-refractivity contribution in [3.05, 3.63) is 17.0 Å². The number of aromatic nitrogens is 2. The lowest BCUT2D eigenvalue weighted by Crippen LogP contribution is -1.88. The number of halogens is 1. The highest BCUT2D eigenvalue weighted by Crippen LogP contribution is 2.16. The number of carbonyl (C=O) groups excluding carboxylic acids is 1. The van der Waals surface area contributed by atoms with Crippen molar-refractivity contribution in [2.45, 2.75) is 0 Å². The first-order chi connectivity index (χ1) is 4.75. The molecule has 5 heteroatoms. The van der Waals surface area contributed by atoms with Crippen molar-refractivity contribution in [3.8, 4) is 5.88 Å². The van der Waals surface area contributed by atoms with Crippen LogP contribution < -0.4 is 0 Å². The number of rotatable bonds is 1. The van der Waals surface area contributed by atoms with Gasteiger partial charge in [0, 0.05) is 0 Å². The second kappa shape index (κ2) is 2.62. The summed E-state index contributed by atoms with van der Waals surface area (Å²) in [6.07, 6.45) is 1.47. The van der Waals surface area contributed by atoms with Crippen LogP contribution in [0.15, 0.2) is 6.33 Å². The number of aldehydes is 1. The Hall–Kier alpha value is -1.16. The maximum absolute atomic E-state index is 10.1. The van der Waals surface area contributed by atoms with Crippen LogP contribution in [0.2, 0.25) is 5.15 Å². The second-order valence-electron chi connectivity index (χ2n) is 1.52. The smallest absolute Gasteiger partial charge is 0.226 e. The maximum Gasteiger partial charge on any atom is 0.226 e. The molecule has 0 aliphatic carbocycles. The highest BCUT2D eigenvalue weighted by molar-refractivity contribution is 6.31. The Morgan fingerprint density at radius 1 is 1.60 bits per heavy atom.